The number of esters is 1. The number of rotatable bonds is 8. The first-order valence-electron chi connectivity index (χ1n) is 11.6. The monoisotopic (exact) mass is 469 g/mol. The molecule has 1 aliphatic rings. The number of Topliss-reactive ketones (excluding diaryl/α,β-unsaturated/α-hetero) is 2. The molecular weight excluding hydrogens is 438 g/mol. The van der Waals surface area contributed by atoms with Gasteiger partial charge in [0.2, 0.25) is 0 Å². The molecule has 0 saturated heterocycles. The van der Waals surface area contributed by atoms with Crippen LogP contribution in [0.1, 0.15) is 66.7 Å². The largest absolute Gasteiger partial charge is 0.507 e. The Balaban J connectivity index is 1.58. The van der Waals surface area contributed by atoms with Crippen molar-refractivity contribution in [1.29, 1.82) is 0 Å². The number of fused-ring (bicyclic) bond motifs is 1. The summed E-state index contributed by atoms with van der Waals surface area (Å²) in [6.07, 6.45) is 10.1. The summed E-state index contributed by atoms with van der Waals surface area (Å²) in [6, 6.07) is 3.08. The lowest BCUT2D eigenvalue weighted by molar-refractivity contribution is -0.136. The van der Waals surface area contributed by atoms with Crippen molar-refractivity contribution < 1.29 is 29.0 Å². The second kappa shape index (κ2) is 13.3. The van der Waals surface area contributed by atoms with Crippen LogP contribution in [0.3, 0.4) is 0 Å². The van der Waals surface area contributed by atoms with Crippen molar-refractivity contribution in [1.82, 2.24) is 15.3 Å². The highest BCUT2D eigenvalue weighted by Gasteiger charge is 2.19. The Bertz CT molecular complexity index is 1000. The molecule has 3 N–H and O–H groups in total. The molecule has 2 aromatic rings. The molecule has 9 heteroatoms. The fourth-order valence-corrected chi connectivity index (χ4v) is 3.53. The first-order valence-corrected chi connectivity index (χ1v) is 11.6. The SMILES string of the molecule is O=C1CCC=Cc2cc(OCCCCNCc3ncc[nH]3)cc(O)c2C(=O)OCCCCC1=O. The van der Waals surface area contributed by atoms with E-state index in [0.29, 0.717) is 43.7 Å². The topological polar surface area (TPSA) is 131 Å². The number of nitrogens with one attached hydrogen (secondary N) is 2. The van der Waals surface area contributed by atoms with Crippen molar-refractivity contribution in [3.8, 4) is 11.5 Å². The van der Waals surface area contributed by atoms with Gasteiger partial charge in [0, 0.05) is 31.3 Å². The second-order valence-corrected chi connectivity index (χ2v) is 8.06. The van der Waals surface area contributed by atoms with Crippen LogP contribution in [0, 0.1) is 0 Å². The third-order valence-electron chi connectivity index (χ3n) is 5.37. The summed E-state index contributed by atoms with van der Waals surface area (Å²) in [6.45, 7) is 2.05. The van der Waals surface area contributed by atoms with E-state index >= 15 is 0 Å². The van der Waals surface area contributed by atoms with Gasteiger partial charge in [-0.3, -0.25) is 9.59 Å². The van der Waals surface area contributed by atoms with Gasteiger partial charge in [-0.15, -0.1) is 0 Å². The van der Waals surface area contributed by atoms with E-state index in [0.717, 1.165) is 25.2 Å². The highest BCUT2D eigenvalue weighted by atomic mass is 16.5. The maximum atomic E-state index is 12.6. The number of phenolic OH excluding ortho intramolecular Hbond substituents is 1. The third kappa shape index (κ3) is 7.84. The summed E-state index contributed by atoms with van der Waals surface area (Å²) in [4.78, 5) is 43.5. The summed E-state index contributed by atoms with van der Waals surface area (Å²) in [5.41, 5.74) is 0.501. The highest BCUT2D eigenvalue weighted by molar-refractivity contribution is 6.37. The summed E-state index contributed by atoms with van der Waals surface area (Å²) >= 11 is 0. The van der Waals surface area contributed by atoms with Crippen LogP contribution in [0.25, 0.3) is 6.08 Å². The van der Waals surface area contributed by atoms with Crippen LogP contribution in [0.4, 0.5) is 0 Å². The quantitative estimate of drug-likeness (QED) is 0.305. The number of hydrogen-bond acceptors (Lipinski definition) is 8. The van der Waals surface area contributed by atoms with Crippen LogP contribution in [0.15, 0.2) is 30.6 Å². The number of nitrogens with zero attached hydrogens (tertiary/aromatic N) is 1. The molecule has 9 nitrogen and oxygen atoms in total. The number of allylic oxidation sites excluding steroid dienone is 1. The van der Waals surface area contributed by atoms with Gasteiger partial charge in [0.1, 0.15) is 22.9 Å². The number of carbonyl (C=O) groups excluding carboxylic acids is 3. The molecule has 2 heterocycles. The van der Waals surface area contributed by atoms with Crippen molar-refractivity contribution >= 4 is 23.6 Å². The van der Waals surface area contributed by atoms with Gasteiger partial charge in [-0.05, 0) is 50.3 Å². The Kier molecular flexibility index (Phi) is 9.84. The first-order chi connectivity index (χ1) is 16.5. The van der Waals surface area contributed by atoms with Crippen molar-refractivity contribution in [3.63, 3.8) is 0 Å². The summed E-state index contributed by atoms with van der Waals surface area (Å²) in [7, 11) is 0. The minimum absolute atomic E-state index is 0.0604. The van der Waals surface area contributed by atoms with Gasteiger partial charge in [-0.1, -0.05) is 12.2 Å². The lowest BCUT2D eigenvalue weighted by atomic mass is 10.0. The average Bonchev–Trinajstić information content (AvgIpc) is 3.33. The van der Waals surface area contributed by atoms with Gasteiger partial charge < -0.3 is 24.9 Å². The van der Waals surface area contributed by atoms with Crippen LogP contribution >= 0.6 is 0 Å². The molecule has 0 amide bonds. The highest BCUT2D eigenvalue weighted by Crippen LogP contribution is 2.30. The molecule has 182 valence electrons. The molecule has 1 aromatic heterocycles. The number of aromatic hydroxyl groups is 1. The van der Waals surface area contributed by atoms with Crippen molar-refractivity contribution in [3.05, 3.63) is 47.6 Å². The fourth-order valence-electron chi connectivity index (χ4n) is 3.53. The van der Waals surface area contributed by atoms with Crippen LogP contribution < -0.4 is 10.1 Å². The van der Waals surface area contributed by atoms with E-state index in [9.17, 15) is 19.5 Å². The number of carbonyl (C=O) groups is 3. The smallest absolute Gasteiger partial charge is 0.342 e. The van der Waals surface area contributed by atoms with Gasteiger partial charge in [0.05, 0.1) is 19.8 Å². The van der Waals surface area contributed by atoms with Gasteiger partial charge in [-0.2, -0.15) is 0 Å². The summed E-state index contributed by atoms with van der Waals surface area (Å²) < 4.78 is 11.1. The van der Waals surface area contributed by atoms with Crippen LogP contribution in [-0.4, -0.2) is 52.4 Å². The predicted molar refractivity (Wildman–Crippen MR) is 126 cm³/mol. The lowest BCUT2D eigenvalue weighted by Crippen LogP contribution is -2.16. The van der Waals surface area contributed by atoms with E-state index in [-0.39, 0.29) is 36.5 Å². The van der Waals surface area contributed by atoms with Crippen LogP contribution in [0.2, 0.25) is 0 Å². The minimum Gasteiger partial charge on any atom is -0.507 e. The molecule has 1 aliphatic heterocycles. The van der Waals surface area contributed by atoms with Crippen molar-refractivity contribution in [2.45, 2.75) is 51.5 Å². The lowest BCUT2D eigenvalue weighted by Gasteiger charge is -2.13. The van der Waals surface area contributed by atoms with Gasteiger partial charge in [0.15, 0.2) is 11.6 Å². The first kappa shape index (κ1) is 25.2. The molecule has 0 fully saturated rings. The standard InChI is InChI=1S/C25H31N3O6/c29-20-8-2-1-7-18-15-19(33-13-6-4-10-26-17-23-27-11-12-28-23)16-22(31)24(18)25(32)34-14-5-3-9-21(20)30/h1,7,11-12,15-16,26,31H,2-6,8-10,13-14,17H2,(H,27,28). The Labute approximate surface area is 198 Å². The van der Waals surface area contributed by atoms with E-state index in [1.807, 2.05) is 0 Å². The summed E-state index contributed by atoms with van der Waals surface area (Å²) in [5.74, 6) is -0.311. The number of ketones is 2. The molecule has 0 atom stereocenters. The van der Waals surface area contributed by atoms with Gasteiger partial charge >= 0.3 is 5.97 Å². The van der Waals surface area contributed by atoms with E-state index in [1.54, 1.807) is 30.6 Å². The Morgan fingerprint density at radius 3 is 2.79 bits per heavy atom. The Hall–Kier alpha value is -3.46. The molecule has 1 aromatic carbocycles. The van der Waals surface area contributed by atoms with E-state index < -0.39 is 11.8 Å². The Morgan fingerprint density at radius 1 is 1.12 bits per heavy atom. The molecule has 34 heavy (non-hydrogen) atoms. The molecule has 0 bridgehead atoms. The maximum absolute atomic E-state index is 12.6. The van der Waals surface area contributed by atoms with Crippen LogP contribution in [0.5, 0.6) is 11.5 Å². The molecule has 0 aliphatic carbocycles. The number of phenols is 1. The van der Waals surface area contributed by atoms with Gasteiger partial charge in [0.25, 0.3) is 0 Å². The van der Waals surface area contributed by atoms with E-state index in [4.69, 9.17) is 9.47 Å². The van der Waals surface area contributed by atoms with Gasteiger partial charge in [-0.25, -0.2) is 9.78 Å². The number of unbranched alkanes of at least 4 members (excludes halogenated alkanes) is 1. The number of H-pyrrole nitrogens is 1. The number of benzene rings is 1. The number of hydrogen-bond donors (Lipinski definition) is 3. The van der Waals surface area contributed by atoms with E-state index in [1.165, 1.54) is 6.07 Å². The van der Waals surface area contributed by atoms with E-state index in [2.05, 4.69) is 15.3 Å². The zero-order valence-corrected chi connectivity index (χ0v) is 19.2. The molecule has 3 rings (SSSR count). The molecule has 0 radical (unpaired) electrons. The number of ether oxygens (including phenoxy) is 2. The minimum atomic E-state index is -0.634. The molecule has 0 spiro atoms. The zero-order chi connectivity index (χ0) is 24.2. The predicted octanol–water partition coefficient (Wildman–Crippen LogP) is 3.34. The average molecular weight is 470 g/mol. The number of cyclic esters (lactones) is 1. The number of imidazole rings is 1. The second-order valence-electron chi connectivity index (χ2n) is 8.06. The molecule has 0 saturated carbocycles. The summed E-state index contributed by atoms with van der Waals surface area (Å²) in [5, 5.41) is 13.8. The zero-order valence-electron chi connectivity index (χ0n) is 19.2. The van der Waals surface area contributed by atoms with Crippen LogP contribution in [-0.2, 0) is 20.9 Å². The third-order valence-corrected chi connectivity index (χ3v) is 5.37. The van der Waals surface area contributed by atoms with Crippen molar-refractivity contribution in [2.75, 3.05) is 19.8 Å². The number of aromatic amines is 1. The Morgan fingerprint density at radius 2 is 1.97 bits per heavy atom. The maximum Gasteiger partial charge on any atom is 0.342 e. The molecular formula is C25H31N3O6. The fraction of sp³-hybridized carbons (Fsp3) is 0.440. The normalized spacial score (nSPS) is 15.5. The molecule has 0 unspecified atom stereocenters. The van der Waals surface area contributed by atoms with Crippen molar-refractivity contribution in [2.24, 2.45) is 0 Å². The number of aromatic nitrogens is 2.